The summed E-state index contributed by atoms with van der Waals surface area (Å²) < 4.78 is 51.3. The zero-order chi connectivity index (χ0) is 30.3. The van der Waals surface area contributed by atoms with Crippen LogP contribution in [0.25, 0.3) is 0 Å². The number of benzene rings is 2. The van der Waals surface area contributed by atoms with E-state index in [0.29, 0.717) is 12.6 Å². The molecule has 2 aromatic carbocycles. The maximum atomic E-state index is 14.1. The fourth-order valence-corrected chi connectivity index (χ4v) is 5.85. The van der Waals surface area contributed by atoms with Gasteiger partial charge in [0.15, 0.2) is 0 Å². The van der Waals surface area contributed by atoms with E-state index in [2.05, 4.69) is 5.09 Å². The maximum Gasteiger partial charge on any atom is 0.459 e. The van der Waals surface area contributed by atoms with Crippen LogP contribution in [-0.4, -0.2) is 45.5 Å². The first-order valence-corrected chi connectivity index (χ1v) is 14.9. The van der Waals surface area contributed by atoms with Gasteiger partial charge in [-0.15, -0.1) is 0 Å². The van der Waals surface area contributed by atoms with Crippen molar-refractivity contribution in [2.24, 2.45) is 5.92 Å². The molecule has 0 aliphatic carbocycles. The topological polar surface area (TPSA) is 158 Å². The van der Waals surface area contributed by atoms with Crippen LogP contribution in [-0.2, 0) is 30.0 Å². The average Bonchev–Trinajstić information content (AvgIpc) is 3.36. The van der Waals surface area contributed by atoms with Gasteiger partial charge in [-0.3, -0.25) is 23.7 Å². The fourth-order valence-electron chi connectivity index (χ4n) is 4.23. The lowest BCUT2D eigenvalue weighted by atomic mass is 10.0. The number of aliphatic hydroxyl groups is 1. The van der Waals surface area contributed by atoms with Crippen LogP contribution in [0, 0.1) is 11.7 Å². The Morgan fingerprint density at radius 3 is 2.52 bits per heavy atom. The Bertz CT molecular complexity index is 1500. The number of hydrogen-bond acceptors (Lipinski definition) is 9. The number of carbonyl (C=O) groups is 1. The van der Waals surface area contributed by atoms with Crippen LogP contribution in [0.15, 0.2) is 76.4 Å². The highest BCUT2D eigenvalue weighted by atomic mass is 31.2. The van der Waals surface area contributed by atoms with Crippen molar-refractivity contribution in [2.45, 2.75) is 57.8 Å². The summed E-state index contributed by atoms with van der Waals surface area (Å²) >= 11 is 0. The molecule has 6 atom stereocenters. The molecule has 2 heterocycles. The number of H-pyrrole nitrogens is 1. The van der Waals surface area contributed by atoms with Gasteiger partial charge in [-0.25, -0.2) is 9.36 Å². The van der Waals surface area contributed by atoms with Gasteiger partial charge in [0.2, 0.25) is 5.82 Å². The smallest absolute Gasteiger partial charge is 0.459 e. The lowest BCUT2D eigenvalue weighted by molar-refractivity contribution is -0.148. The molecule has 3 N–H and O–H groups in total. The van der Waals surface area contributed by atoms with Crippen molar-refractivity contribution in [3.8, 4) is 5.75 Å². The molecule has 42 heavy (non-hydrogen) atoms. The molecule has 0 spiro atoms. The SMILES string of the molecule is CCC(C)[C@H](NP(=O)(OC[C@H]1O[C@@H](n2cc(F)c(=O)[nH]c2=O)C[C@@H]1O)Oc1ccccc1)C(=O)OCc1ccccc1. The molecule has 1 saturated heterocycles. The lowest BCUT2D eigenvalue weighted by Gasteiger charge is -2.28. The molecular weight excluding hydrogens is 572 g/mol. The monoisotopic (exact) mass is 605 g/mol. The van der Waals surface area contributed by atoms with Gasteiger partial charge in [0, 0.05) is 6.42 Å². The molecule has 3 aromatic rings. The van der Waals surface area contributed by atoms with E-state index in [4.69, 9.17) is 18.5 Å². The summed E-state index contributed by atoms with van der Waals surface area (Å²) in [6, 6.07) is 16.2. The summed E-state index contributed by atoms with van der Waals surface area (Å²) in [6.45, 7) is 3.16. The lowest BCUT2D eigenvalue weighted by Crippen LogP contribution is -2.42. The number of aromatic nitrogens is 2. The quantitative estimate of drug-likeness (QED) is 0.195. The van der Waals surface area contributed by atoms with Crippen molar-refractivity contribution < 1.29 is 37.4 Å². The van der Waals surface area contributed by atoms with Crippen molar-refractivity contribution in [1.82, 2.24) is 14.6 Å². The summed E-state index contributed by atoms with van der Waals surface area (Å²) in [5.41, 5.74) is -1.33. The van der Waals surface area contributed by atoms with E-state index in [0.717, 1.165) is 10.1 Å². The molecular formula is C28H33FN3O9P. The van der Waals surface area contributed by atoms with E-state index in [1.54, 1.807) is 49.4 Å². The largest absolute Gasteiger partial charge is 0.460 e. The molecule has 0 amide bonds. The molecule has 0 radical (unpaired) electrons. The number of hydrogen-bond donors (Lipinski definition) is 3. The van der Waals surface area contributed by atoms with Gasteiger partial charge in [-0.1, -0.05) is 68.8 Å². The third-order valence-corrected chi connectivity index (χ3v) is 8.34. The second-order valence-electron chi connectivity index (χ2n) is 9.86. The third kappa shape index (κ3) is 8.02. The first-order chi connectivity index (χ1) is 20.1. The highest BCUT2D eigenvalue weighted by molar-refractivity contribution is 7.52. The summed E-state index contributed by atoms with van der Waals surface area (Å²) in [6.07, 6.45) is -2.37. The van der Waals surface area contributed by atoms with Crippen LogP contribution in [0.4, 0.5) is 4.39 Å². The highest BCUT2D eigenvalue weighted by Gasteiger charge is 2.41. The molecule has 4 rings (SSSR count). The van der Waals surface area contributed by atoms with Gasteiger partial charge < -0.3 is 19.1 Å². The number of halogens is 1. The number of carbonyl (C=O) groups excluding carboxylic acids is 1. The van der Waals surface area contributed by atoms with Crippen molar-refractivity contribution in [1.29, 1.82) is 0 Å². The molecule has 1 fully saturated rings. The number of aliphatic hydroxyl groups excluding tert-OH is 1. The molecule has 2 unspecified atom stereocenters. The van der Waals surface area contributed by atoms with Gasteiger partial charge in [0.05, 0.1) is 18.9 Å². The Morgan fingerprint density at radius 1 is 1.19 bits per heavy atom. The van der Waals surface area contributed by atoms with Gasteiger partial charge in [0.1, 0.15) is 30.7 Å². The van der Waals surface area contributed by atoms with Crippen LogP contribution < -0.4 is 20.9 Å². The van der Waals surface area contributed by atoms with E-state index in [1.165, 1.54) is 0 Å². The number of aromatic amines is 1. The maximum absolute atomic E-state index is 14.1. The Morgan fingerprint density at radius 2 is 1.86 bits per heavy atom. The second kappa shape index (κ2) is 14.0. The third-order valence-electron chi connectivity index (χ3n) is 6.80. The van der Waals surface area contributed by atoms with Crippen molar-refractivity contribution in [3.05, 3.63) is 99.1 Å². The van der Waals surface area contributed by atoms with E-state index >= 15 is 0 Å². The minimum absolute atomic E-state index is 0.00714. The Balaban J connectivity index is 1.51. The average molecular weight is 606 g/mol. The number of nitrogens with one attached hydrogen (secondary N) is 2. The molecule has 1 aliphatic heterocycles. The molecule has 0 bridgehead atoms. The first kappa shape index (κ1) is 31.3. The molecule has 226 valence electrons. The Kier molecular flexibility index (Phi) is 10.5. The number of para-hydroxylation sites is 1. The minimum Gasteiger partial charge on any atom is -0.460 e. The number of nitrogens with zero attached hydrogens (tertiary/aromatic N) is 1. The van der Waals surface area contributed by atoms with Gasteiger partial charge in [-0.05, 0) is 23.6 Å². The van der Waals surface area contributed by atoms with Crippen LogP contribution >= 0.6 is 7.75 Å². The summed E-state index contributed by atoms with van der Waals surface area (Å²) in [5, 5.41) is 13.3. The second-order valence-corrected chi connectivity index (χ2v) is 11.6. The molecule has 12 nitrogen and oxygen atoms in total. The highest BCUT2D eigenvalue weighted by Crippen LogP contribution is 2.46. The van der Waals surface area contributed by atoms with Crippen LogP contribution in [0.5, 0.6) is 5.75 Å². The van der Waals surface area contributed by atoms with E-state index in [1.807, 2.05) is 30.1 Å². The van der Waals surface area contributed by atoms with Crippen LogP contribution in [0.1, 0.15) is 38.5 Å². The van der Waals surface area contributed by atoms with Gasteiger partial charge >= 0.3 is 19.4 Å². The van der Waals surface area contributed by atoms with Crippen molar-refractivity contribution in [2.75, 3.05) is 6.61 Å². The molecule has 1 aromatic heterocycles. The van der Waals surface area contributed by atoms with Crippen LogP contribution in [0.2, 0.25) is 0 Å². The zero-order valence-corrected chi connectivity index (χ0v) is 23.9. The molecule has 0 saturated carbocycles. The van der Waals surface area contributed by atoms with Crippen molar-refractivity contribution >= 4 is 13.7 Å². The minimum atomic E-state index is -4.33. The summed E-state index contributed by atoms with van der Waals surface area (Å²) in [7, 11) is -4.33. The van der Waals surface area contributed by atoms with E-state index in [9.17, 15) is 28.4 Å². The number of rotatable bonds is 13. The predicted molar refractivity (Wildman–Crippen MR) is 149 cm³/mol. The van der Waals surface area contributed by atoms with Crippen molar-refractivity contribution in [3.63, 3.8) is 0 Å². The van der Waals surface area contributed by atoms with E-state index in [-0.39, 0.29) is 24.7 Å². The molecule has 14 heteroatoms. The standard InChI is InChI=1S/C28H33FN3O9P/c1-3-18(2)25(27(35)38-16-19-10-6-4-7-11-19)31-42(37,41-20-12-8-5-9-13-20)39-17-23-22(33)14-24(40-23)32-15-21(29)26(34)30-28(32)36/h4-13,15,18,22-25,33H,3,14,16-17H2,1-2H3,(H,31,37)(H,30,34,36)/t18?,22-,23+,24+,25-,42?/m0/s1. The Labute approximate surface area is 241 Å². The van der Waals surface area contributed by atoms with E-state index < -0.39 is 61.9 Å². The summed E-state index contributed by atoms with van der Waals surface area (Å²) in [4.78, 5) is 38.5. The summed E-state index contributed by atoms with van der Waals surface area (Å²) in [5.74, 6) is -2.02. The molecule has 1 aliphatic rings. The normalized spacial score (nSPS) is 21.3. The Hall–Kier alpha value is -3.61. The first-order valence-electron chi connectivity index (χ1n) is 13.4. The van der Waals surface area contributed by atoms with Crippen LogP contribution in [0.3, 0.4) is 0 Å². The number of esters is 1. The number of ether oxygens (including phenoxy) is 2. The zero-order valence-electron chi connectivity index (χ0n) is 23.1. The van der Waals surface area contributed by atoms with Gasteiger partial charge in [0.25, 0.3) is 5.56 Å². The fraction of sp³-hybridized carbons (Fsp3) is 0.393. The predicted octanol–water partition coefficient (Wildman–Crippen LogP) is 3.28. The van der Waals surface area contributed by atoms with Gasteiger partial charge in [-0.2, -0.15) is 9.48 Å².